The molecule has 1 fully saturated rings. The van der Waals surface area contributed by atoms with Crippen molar-refractivity contribution in [3.05, 3.63) is 23.8 Å². The van der Waals surface area contributed by atoms with Crippen LogP contribution in [0.4, 0.5) is 5.69 Å². The Balaban J connectivity index is 2.25. The van der Waals surface area contributed by atoms with Crippen LogP contribution in [0.1, 0.15) is 18.4 Å². The van der Waals surface area contributed by atoms with Crippen molar-refractivity contribution in [2.75, 3.05) is 18.0 Å². The summed E-state index contributed by atoms with van der Waals surface area (Å²) in [6.07, 6.45) is 2.53. The molecule has 1 aromatic carbocycles. The van der Waals surface area contributed by atoms with Gasteiger partial charge in [0, 0.05) is 30.9 Å². The molecule has 0 saturated carbocycles. The van der Waals surface area contributed by atoms with Crippen LogP contribution in [0, 0.1) is 0 Å². The van der Waals surface area contributed by atoms with Crippen LogP contribution in [0.25, 0.3) is 0 Å². The third-order valence-electron chi connectivity index (χ3n) is 2.75. The maximum Gasteiger partial charge on any atom is 0.120 e. The average Bonchev–Trinajstić information content (AvgIpc) is 2.71. The van der Waals surface area contributed by atoms with Gasteiger partial charge in [0.05, 0.1) is 0 Å². The number of benzene rings is 1. The van der Waals surface area contributed by atoms with Gasteiger partial charge in [-0.2, -0.15) is 0 Å². The van der Waals surface area contributed by atoms with Crippen molar-refractivity contribution < 1.29 is 5.11 Å². The number of rotatable bonds is 2. The third kappa shape index (κ3) is 1.68. The smallest absolute Gasteiger partial charge is 0.120 e. The standard InChI is InChI=1S/C11H16N2O/c12-8-9-7-10(3-4-11(9)14)13-5-1-2-6-13/h3-4,7,14H,1-2,5-6,8,12H2. The zero-order valence-corrected chi connectivity index (χ0v) is 8.24. The molecule has 0 radical (unpaired) electrons. The third-order valence-corrected chi connectivity index (χ3v) is 2.75. The van der Waals surface area contributed by atoms with E-state index in [1.54, 1.807) is 6.07 Å². The van der Waals surface area contributed by atoms with Gasteiger partial charge in [0.2, 0.25) is 0 Å². The molecule has 1 aromatic rings. The van der Waals surface area contributed by atoms with E-state index < -0.39 is 0 Å². The molecule has 3 N–H and O–H groups in total. The molecular weight excluding hydrogens is 176 g/mol. The van der Waals surface area contributed by atoms with Crippen molar-refractivity contribution in [2.45, 2.75) is 19.4 Å². The van der Waals surface area contributed by atoms with E-state index in [0.29, 0.717) is 12.3 Å². The van der Waals surface area contributed by atoms with Crippen molar-refractivity contribution >= 4 is 5.69 Å². The zero-order valence-electron chi connectivity index (χ0n) is 8.24. The molecule has 0 spiro atoms. The van der Waals surface area contributed by atoms with Crippen LogP contribution in [0.5, 0.6) is 5.75 Å². The van der Waals surface area contributed by atoms with Gasteiger partial charge in [-0.3, -0.25) is 0 Å². The molecule has 3 nitrogen and oxygen atoms in total. The van der Waals surface area contributed by atoms with Crippen molar-refractivity contribution in [3.63, 3.8) is 0 Å². The number of phenols is 1. The van der Waals surface area contributed by atoms with Crippen LogP contribution in [0.15, 0.2) is 18.2 Å². The molecular formula is C11H16N2O. The van der Waals surface area contributed by atoms with Crippen LogP contribution in [0.2, 0.25) is 0 Å². The molecule has 0 aromatic heterocycles. The lowest BCUT2D eigenvalue weighted by molar-refractivity contribution is 0.468. The molecule has 1 heterocycles. The van der Waals surface area contributed by atoms with Gasteiger partial charge >= 0.3 is 0 Å². The molecule has 14 heavy (non-hydrogen) atoms. The highest BCUT2D eigenvalue weighted by Crippen LogP contribution is 2.26. The summed E-state index contributed by atoms with van der Waals surface area (Å²) >= 11 is 0. The van der Waals surface area contributed by atoms with Crippen molar-refractivity contribution in [1.29, 1.82) is 0 Å². The van der Waals surface area contributed by atoms with E-state index in [9.17, 15) is 5.11 Å². The average molecular weight is 192 g/mol. The second-order valence-corrected chi connectivity index (χ2v) is 3.71. The van der Waals surface area contributed by atoms with Crippen molar-refractivity contribution in [3.8, 4) is 5.75 Å². The predicted molar refractivity (Wildman–Crippen MR) is 57.4 cm³/mol. The number of phenolic OH excluding ortho intramolecular Hbond substituents is 1. The quantitative estimate of drug-likeness (QED) is 0.745. The second-order valence-electron chi connectivity index (χ2n) is 3.71. The molecule has 2 rings (SSSR count). The lowest BCUT2D eigenvalue weighted by Gasteiger charge is -2.18. The fraction of sp³-hybridized carbons (Fsp3) is 0.455. The number of hydrogen-bond acceptors (Lipinski definition) is 3. The Bertz CT molecular complexity index is 319. The molecule has 0 bridgehead atoms. The fourth-order valence-corrected chi connectivity index (χ4v) is 1.91. The normalized spacial score (nSPS) is 16.2. The van der Waals surface area contributed by atoms with E-state index in [0.717, 1.165) is 18.7 Å². The molecule has 1 aliphatic heterocycles. The summed E-state index contributed by atoms with van der Waals surface area (Å²) in [6.45, 7) is 2.64. The Hall–Kier alpha value is -1.22. The lowest BCUT2D eigenvalue weighted by atomic mass is 10.1. The number of aromatic hydroxyl groups is 1. The van der Waals surface area contributed by atoms with Gasteiger partial charge in [-0.15, -0.1) is 0 Å². The van der Waals surface area contributed by atoms with Gasteiger partial charge in [-0.25, -0.2) is 0 Å². The molecule has 0 amide bonds. The van der Waals surface area contributed by atoms with E-state index >= 15 is 0 Å². The number of nitrogens with two attached hydrogens (primary N) is 1. The van der Waals surface area contributed by atoms with E-state index in [4.69, 9.17) is 5.73 Å². The fourth-order valence-electron chi connectivity index (χ4n) is 1.91. The number of hydrogen-bond donors (Lipinski definition) is 2. The minimum Gasteiger partial charge on any atom is -0.508 e. The highest BCUT2D eigenvalue weighted by molar-refractivity contribution is 5.53. The molecule has 1 saturated heterocycles. The van der Waals surface area contributed by atoms with Crippen molar-refractivity contribution in [2.24, 2.45) is 5.73 Å². The van der Waals surface area contributed by atoms with Crippen LogP contribution in [-0.4, -0.2) is 18.2 Å². The molecule has 76 valence electrons. The van der Waals surface area contributed by atoms with Gasteiger partial charge in [0.1, 0.15) is 5.75 Å². The summed E-state index contributed by atoms with van der Waals surface area (Å²) in [6, 6.07) is 5.68. The minimum atomic E-state index is 0.301. The molecule has 3 heteroatoms. The van der Waals surface area contributed by atoms with E-state index in [2.05, 4.69) is 4.90 Å². The second kappa shape index (κ2) is 3.88. The Morgan fingerprint density at radius 3 is 2.64 bits per heavy atom. The van der Waals surface area contributed by atoms with Crippen LogP contribution >= 0.6 is 0 Å². The van der Waals surface area contributed by atoms with Crippen LogP contribution in [-0.2, 0) is 6.54 Å². The number of nitrogens with zero attached hydrogens (tertiary/aromatic N) is 1. The van der Waals surface area contributed by atoms with E-state index in [1.807, 2.05) is 12.1 Å². The van der Waals surface area contributed by atoms with Gasteiger partial charge < -0.3 is 15.7 Å². The van der Waals surface area contributed by atoms with Gasteiger partial charge in [0.25, 0.3) is 0 Å². The summed E-state index contributed by atoms with van der Waals surface area (Å²) < 4.78 is 0. The molecule has 0 atom stereocenters. The minimum absolute atomic E-state index is 0.301. The SMILES string of the molecule is NCc1cc(N2CCCC2)ccc1O. The maximum absolute atomic E-state index is 9.48. The summed E-state index contributed by atoms with van der Waals surface area (Å²) in [7, 11) is 0. The van der Waals surface area contributed by atoms with Crippen LogP contribution in [0.3, 0.4) is 0 Å². The first-order valence-electron chi connectivity index (χ1n) is 5.08. The zero-order chi connectivity index (χ0) is 9.97. The van der Waals surface area contributed by atoms with Crippen LogP contribution < -0.4 is 10.6 Å². The Morgan fingerprint density at radius 1 is 1.29 bits per heavy atom. The van der Waals surface area contributed by atoms with Gasteiger partial charge in [0.15, 0.2) is 0 Å². The van der Waals surface area contributed by atoms with E-state index in [-0.39, 0.29) is 0 Å². The summed E-state index contributed by atoms with van der Waals surface area (Å²) in [4.78, 5) is 2.33. The summed E-state index contributed by atoms with van der Waals surface area (Å²) in [5.74, 6) is 0.301. The largest absolute Gasteiger partial charge is 0.508 e. The first kappa shape index (κ1) is 9.34. The van der Waals surface area contributed by atoms with Gasteiger partial charge in [-0.1, -0.05) is 0 Å². The highest BCUT2D eigenvalue weighted by atomic mass is 16.3. The Morgan fingerprint density at radius 2 is 2.00 bits per heavy atom. The lowest BCUT2D eigenvalue weighted by Crippen LogP contribution is -2.17. The monoisotopic (exact) mass is 192 g/mol. The highest BCUT2D eigenvalue weighted by Gasteiger charge is 2.13. The topological polar surface area (TPSA) is 49.5 Å². The number of anilines is 1. The van der Waals surface area contributed by atoms with E-state index in [1.165, 1.54) is 18.5 Å². The first-order valence-corrected chi connectivity index (χ1v) is 5.08. The summed E-state index contributed by atoms with van der Waals surface area (Å²) in [5.41, 5.74) is 7.55. The predicted octanol–water partition coefficient (Wildman–Crippen LogP) is 1.45. The maximum atomic E-state index is 9.48. The summed E-state index contributed by atoms with van der Waals surface area (Å²) in [5, 5.41) is 9.48. The molecule has 0 aliphatic carbocycles. The Labute approximate surface area is 84.1 Å². The Kier molecular flexibility index (Phi) is 2.59. The molecule has 0 unspecified atom stereocenters. The first-order chi connectivity index (χ1) is 6.81. The van der Waals surface area contributed by atoms with Gasteiger partial charge in [-0.05, 0) is 31.0 Å². The van der Waals surface area contributed by atoms with Crippen molar-refractivity contribution in [1.82, 2.24) is 0 Å². The molecule has 1 aliphatic rings.